The van der Waals surface area contributed by atoms with Crippen LogP contribution in [-0.2, 0) is 20.7 Å². The normalized spacial score (nSPS) is 18.2. The van der Waals surface area contributed by atoms with Gasteiger partial charge < -0.3 is 10.1 Å². The predicted octanol–water partition coefficient (Wildman–Crippen LogP) is 4.35. The average Bonchev–Trinajstić information content (AvgIpc) is 3.12. The topological polar surface area (TPSA) is 67.8 Å². The maximum atomic E-state index is 12.6. The van der Waals surface area contributed by atoms with Crippen molar-refractivity contribution in [3.8, 4) is 0 Å². The zero-order valence-electron chi connectivity index (χ0n) is 17.3. The average molecular weight is 392 g/mol. The SMILES string of the molecule is CC(C)(C)OC(=O)CCC1(NC(=O)CCc2ccc3ccccc3c2)C=CC=N1. The second-order valence-corrected chi connectivity index (χ2v) is 8.38. The summed E-state index contributed by atoms with van der Waals surface area (Å²) in [7, 11) is 0. The number of aryl methyl sites for hydroxylation is 1. The van der Waals surface area contributed by atoms with Gasteiger partial charge in [0.15, 0.2) is 5.66 Å². The molecule has 0 spiro atoms. The lowest BCUT2D eigenvalue weighted by molar-refractivity contribution is -0.155. The number of hydrogen-bond acceptors (Lipinski definition) is 4. The van der Waals surface area contributed by atoms with Crippen LogP contribution in [0.15, 0.2) is 59.6 Å². The predicted molar refractivity (Wildman–Crippen MR) is 116 cm³/mol. The van der Waals surface area contributed by atoms with Crippen molar-refractivity contribution in [1.82, 2.24) is 5.32 Å². The first-order valence-electron chi connectivity index (χ1n) is 9.98. The van der Waals surface area contributed by atoms with Crippen molar-refractivity contribution < 1.29 is 14.3 Å². The van der Waals surface area contributed by atoms with Crippen molar-refractivity contribution in [2.45, 2.75) is 57.7 Å². The van der Waals surface area contributed by atoms with E-state index < -0.39 is 11.3 Å². The number of esters is 1. The van der Waals surface area contributed by atoms with E-state index in [0.717, 1.165) is 5.56 Å². The highest BCUT2D eigenvalue weighted by Crippen LogP contribution is 2.22. The van der Waals surface area contributed by atoms with Crippen LogP contribution in [0.5, 0.6) is 0 Å². The van der Waals surface area contributed by atoms with Gasteiger partial charge in [-0.05, 0) is 55.7 Å². The Labute approximate surface area is 171 Å². The Bertz CT molecular complexity index is 942. The smallest absolute Gasteiger partial charge is 0.306 e. The fourth-order valence-corrected chi connectivity index (χ4v) is 3.35. The quantitative estimate of drug-likeness (QED) is 0.713. The van der Waals surface area contributed by atoms with Gasteiger partial charge in [-0.2, -0.15) is 0 Å². The molecular weight excluding hydrogens is 364 g/mol. The molecule has 152 valence electrons. The minimum atomic E-state index is -0.864. The van der Waals surface area contributed by atoms with Gasteiger partial charge in [-0.1, -0.05) is 42.5 Å². The van der Waals surface area contributed by atoms with Crippen molar-refractivity contribution in [1.29, 1.82) is 0 Å². The van der Waals surface area contributed by atoms with E-state index in [1.54, 1.807) is 12.3 Å². The molecule has 0 radical (unpaired) electrons. The number of hydrogen-bond donors (Lipinski definition) is 1. The monoisotopic (exact) mass is 392 g/mol. The first kappa shape index (κ1) is 20.8. The van der Waals surface area contributed by atoms with Gasteiger partial charge in [-0.15, -0.1) is 0 Å². The molecule has 1 unspecified atom stereocenters. The number of fused-ring (bicyclic) bond motifs is 1. The Kier molecular flexibility index (Phi) is 6.16. The van der Waals surface area contributed by atoms with E-state index in [-0.39, 0.29) is 18.3 Å². The third-order valence-corrected chi connectivity index (χ3v) is 4.70. The molecule has 5 nitrogen and oxygen atoms in total. The van der Waals surface area contributed by atoms with Crippen LogP contribution in [0.3, 0.4) is 0 Å². The summed E-state index contributed by atoms with van der Waals surface area (Å²) in [5.74, 6) is -0.385. The molecule has 3 rings (SSSR count). The van der Waals surface area contributed by atoms with Crippen LogP contribution in [0, 0.1) is 0 Å². The zero-order chi connectivity index (χ0) is 20.9. The van der Waals surface area contributed by atoms with Crippen LogP contribution in [0.25, 0.3) is 10.8 Å². The lowest BCUT2D eigenvalue weighted by Crippen LogP contribution is -2.45. The molecule has 5 heteroatoms. The van der Waals surface area contributed by atoms with E-state index in [2.05, 4.69) is 40.6 Å². The largest absolute Gasteiger partial charge is 0.460 e. The maximum Gasteiger partial charge on any atom is 0.306 e. The van der Waals surface area contributed by atoms with E-state index >= 15 is 0 Å². The summed E-state index contributed by atoms with van der Waals surface area (Å²) >= 11 is 0. The fraction of sp³-hybridized carbons (Fsp3) is 0.375. The number of carbonyl (C=O) groups is 2. The van der Waals surface area contributed by atoms with Gasteiger partial charge in [-0.3, -0.25) is 14.6 Å². The van der Waals surface area contributed by atoms with Crippen LogP contribution in [0.1, 0.15) is 45.6 Å². The summed E-state index contributed by atoms with van der Waals surface area (Å²) < 4.78 is 5.36. The highest BCUT2D eigenvalue weighted by Gasteiger charge is 2.31. The number of benzene rings is 2. The van der Waals surface area contributed by atoms with E-state index in [1.807, 2.05) is 39.0 Å². The van der Waals surface area contributed by atoms with Crippen molar-refractivity contribution in [3.63, 3.8) is 0 Å². The van der Waals surface area contributed by atoms with E-state index in [4.69, 9.17) is 4.74 Å². The van der Waals surface area contributed by atoms with Gasteiger partial charge in [0.25, 0.3) is 0 Å². The van der Waals surface area contributed by atoms with E-state index in [9.17, 15) is 9.59 Å². The third kappa shape index (κ3) is 6.01. The number of aliphatic imine (C=N–C) groups is 1. The van der Waals surface area contributed by atoms with Gasteiger partial charge >= 0.3 is 5.97 Å². The van der Waals surface area contributed by atoms with Gasteiger partial charge in [0.05, 0.1) is 0 Å². The van der Waals surface area contributed by atoms with E-state index in [1.165, 1.54) is 10.8 Å². The first-order chi connectivity index (χ1) is 13.7. The Balaban J connectivity index is 1.56. The number of carbonyl (C=O) groups excluding carboxylic acids is 2. The summed E-state index contributed by atoms with van der Waals surface area (Å²) in [5, 5.41) is 5.34. The molecule has 0 bridgehead atoms. The molecule has 1 amide bonds. The molecule has 0 fully saturated rings. The summed E-state index contributed by atoms with van der Waals surface area (Å²) in [6.45, 7) is 5.51. The van der Waals surface area contributed by atoms with Crippen LogP contribution in [-0.4, -0.2) is 29.4 Å². The molecule has 29 heavy (non-hydrogen) atoms. The summed E-state index contributed by atoms with van der Waals surface area (Å²) in [6.07, 6.45) is 6.82. The molecule has 1 N–H and O–H groups in total. The molecule has 1 heterocycles. The number of amides is 1. The highest BCUT2D eigenvalue weighted by molar-refractivity contribution is 5.84. The summed E-state index contributed by atoms with van der Waals surface area (Å²) in [4.78, 5) is 29.0. The van der Waals surface area contributed by atoms with Crippen LogP contribution in [0.2, 0.25) is 0 Å². The van der Waals surface area contributed by atoms with Crippen molar-refractivity contribution in [2.24, 2.45) is 4.99 Å². The zero-order valence-corrected chi connectivity index (χ0v) is 17.3. The number of nitrogens with zero attached hydrogens (tertiary/aromatic N) is 1. The molecule has 0 aromatic heterocycles. The molecule has 0 saturated heterocycles. The standard InChI is InChI=1S/C24H28N2O3/c1-23(2,3)29-22(28)13-15-24(14-6-16-25-24)26-21(27)12-10-18-9-11-19-7-4-5-8-20(19)17-18/h4-9,11,14,16-17H,10,12-13,15H2,1-3H3,(H,26,27). The van der Waals surface area contributed by atoms with Gasteiger partial charge in [0.2, 0.25) is 5.91 Å². The third-order valence-electron chi connectivity index (χ3n) is 4.70. The Hall–Kier alpha value is -2.95. The lowest BCUT2D eigenvalue weighted by Gasteiger charge is -2.26. The lowest BCUT2D eigenvalue weighted by atomic mass is 10.0. The number of rotatable bonds is 7. The van der Waals surface area contributed by atoms with Crippen LogP contribution in [0.4, 0.5) is 0 Å². The molecular formula is C24H28N2O3. The molecule has 2 aromatic carbocycles. The Morgan fingerprint density at radius 2 is 1.83 bits per heavy atom. The van der Waals surface area contributed by atoms with Crippen LogP contribution < -0.4 is 5.32 Å². The minimum absolute atomic E-state index is 0.0916. The van der Waals surface area contributed by atoms with Crippen molar-refractivity contribution in [3.05, 3.63) is 60.2 Å². The minimum Gasteiger partial charge on any atom is -0.460 e. The molecule has 1 aliphatic rings. The molecule has 2 aromatic rings. The summed E-state index contributed by atoms with van der Waals surface area (Å²) in [5.41, 5.74) is -0.272. The Morgan fingerprint density at radius 3 is 2.52 bits per heavy atom. The molecule has 1 aliphatic heterocycles. The second-order valence-electron chi connectivity index (χ2n) is 8.38. The maximum absolute atomic E-state index is 12.6. The van der Waals surface area contributed by atoms with Crippen molar-refractivity contribution >= 4 is 28.9 Å². The number of nitrogens with one attached hydrogen (secondary N) is 1. The van der Waals surface area contributed by atoms with Crippen LogP contribution >= 0.6 is 0 Å². The molecule has 1 atom stereocenters. The highest BCUT2D eigenvalue weighted by atomic mass is 16.6. The second kappa shape index (κ2) is 8.60. The fourth-order valence-electron chi connectivity index (χ4n) is 3.35. The molecule has 0 saturated carbocycles. The number of ether oxygens (including phenoxy) is 1. The molecule has 0 aliphatic carbocycles. The number of allylic oxidation sites excluding steroid dienone is 1. The van der Waals surface area contributed by atoms with E-state index in [0.29, 0.717) is 19.3 Å². The summed E-state index contributed by atoms with van der Waals surface area (Å²) in [6, 6.07) is 14.4. The van der Waals surface area contributed by atoms with Gasteiger partial charge in [-0.25, -0.2) is 0 Å². The Morgan fingerprint density at radius 1 is 1.07 bits per heavy atom. The van der Waals surface area contributed by atoms with Crippen molar-refractivity contribution in [2.75, 3.05) is 0 Å². The van der Waals surface area contributed by atoms with Gasteiger partial charge in [0, 0.05) is 25.5 Å². The van der Waals surface area contributed by atoms with Gasteiger partial charge in [0.1, 0.15) is 5.60 Å². The first-order valence-corrected chi connectivity index (χ1v) is 9.98.